The van der Waals surface area contributed by atoms with E-state index in [1.165, 1.54) is 0 Å². The van der Waals surface area contributed by atoms with Gasteiger partial charge in [0, 0.05) is 58.6 Å². The van der Waals surface area contributed by atoms with Crippen molar-refractivity contribution in [1.82, 2.24) is 14.8 Å². The third-order valence-corrected chi connectivity index (χ3v) is 3.86. The number of aliphatic hydroxyl groups is 1. The minimum absolute atomic E-state index is 0.254. The van der Waals surface area contributed by atoms with E-state index in [1.807, 2.05) is 12.1 Å². The fraction of sp³-hybridized carbons (Fsp3) is 0.688. The molecule has 22 heavy (non-hydrogen) atoms. The van der Waals surface area contributed by atoms with Crippen LogP contribution >= 0.6 is 0 Å². The zero-order valence-electron chi connectivity index (χ0n) is 13.4. The Bertz CT molecular complexity index is 406. The summed E-state index contributed by atoms with van der Waals surface area (Å²) in [5, 5.41) is 8.93. The maximum Gasteiger partial charge on any atom is 0.213 e. The van der Waals surface area contributed by atoms with Crippen molar-refractivity contribution in [1.29, 1.82) is 0 Å². The molecule has 1 N–H and O–H groups in total. The first-order valence-electron chi connectivity index (χ1n) is 7.94. The fourth-order valence-electron chi connectivity index (χ4n) is 2.59. The van der Waals surface area contributed by atoms with Gasteiger partial charge in [-0.15, -0.1) is 0 Å². The van der Waals surface area contributed by atoms with E-state index in [9.17, 15) is 0 Å². The van der Waals surface area contributed by atoms with Crippen molar-refractivity contribution < 1.29 is 14.6 Å². The first-order valence-corrected chi connectivity index (χ1v) is 7.94. The van der Waals surface area contributed by atoms with Crippen molar-refractivity contribution in [3.05, 3.63) is 23.9 Å². The molecule has 2 heterocycles. The summed E-state index contributed by atoms with van der Waals surface area (Å²) >= 11 is 0. The molecule has 124 valence electrons. The molecule has 0 bridgehead atoms. The zero-order chi connectivity index (χ0) is 15.6. The van der Waals surface area contributed by atoms with Gasteiger partial charge in [-0.2, -0.15) is 0 Å². The highest BCUT2D eigenvalue weighted by molar-refractivity contribution is 5.17. The highest BCUT2D eigenvalue weighted by Crippen LogP contribution is 2.09. The standard InChI is InChI=1S/C16H27N3O3/c1-21-14-15-3-4-16(17-13-15)22-12-2-5-18-6-8-19(9-7-18)10-11-20/h3-4,13,20H,2,5-12,14H2,1H3. The first kappa shape index (κ1) is 17.1. The highest BCUT2D eigenvalue weighted by atomic mass is 16.5. The second-order valence-electron chi connectivity index (χ2n) is 5.55. The molecule has 1 saturated heterocycles. The number of hydrogen-bond donors (Lipinski definition) is 1. The van der Waals surface area contributed by atoms with Crippen LogP contribution in [-0.4, -0.2) is 79.5 Å². The summed E-state index contributed by atoms with van der Waals surface area (Å²) in [7, 11) is 1.67. The molecular formula is C16H27N3O3. The SMILES string of the molecule is COCc1ccc(OCCCN2CCN(CCO)CC2)nc1. The quantitative estimate of drug-likeness (QED) is 0.675. The number of pyridine rings is 1. The summed E-state index contributed by atoms with van der Waals surface area (Å²) in [5.41, 5.74) is 1.05. The minimum Gasteiger partial charge on any atom is -0.478 e. The van der Waals surface area contributed by atoms with Gasteiger partial charge in [-0.1, -0.05) is 0 Å². The van der Waals surface area contributed by atoms with Crippen LogP contribution in [0.2, 0.25) is 0 Å². The Morgan fingerprint density at radius 1 is 1.14 bits per heavy atom. The number of methoxy groups -OCH3 is 1. The normalized spacial score (nSPS) is 16.8. The summed E-state index contributed by atoms with van der Waals surface area (Å²) in [6.45, 7) is 7.60. The molecule has 0 atom stereocenters. The molecule has 1 aliphatic heterocycles. The molecular weight excluding hydrogens is 282 g/mol. The summed E-state index contributed by atoms with van der Waals surface area (Å²) in [6, 6.07) is 3.87. The largest absolute Gasteiger partial charge is 0.478 e. The lowest BCUT2D eigenvalue weighted by molar-refractivity contribution is 0.108. The number of aromatic nitrogens is 1. The van der Waals surface area contributed by atoms with Gasteiger partial charge in [0.2, 0.25) is 5.88 Å². The van der Waals surface area contributed by atoms with E-state index in [4.69, 9.17) is 14.6 Å². The summed E-state index contributed by atoms with van der Waals surface area (Å²) in [5.74, 6) is 0.674. The van der Waals surface area contributed by atoms with Gasteiger partial charge in [0.1, 0.15) is 0 Å². The zero-order valence-corrected chi connectivity index (χ0v) is 13.4. The molecule has 6 nitrogen and oxygen atoms in total. The number of ether oxygens (including phenoxy) is 2. The van der Waals surface area contributed by atoms with Gasteiger partial charge in [-0.05, 0) is 18.1 Å². The van der Waals surface area contributed by atoms with Gasteiger partial charge in [-0.25, -0.2) is 4.98 Å². The Balaban J connectivity index is 1.57. The fourth-order valence-corrected chi connectivity index (χ4v) is 2.59. The lowest BCUT2D eigenvalue weighted by Gasteiger charge is -2.34. The van der Waals surface area contributed by atoms with Crippen LogP contribution in [0.4, 0.5) is 0 Å². The van der Waals surface area contributed by atoms with Crippen LogP contribution in [0.25, 0.3) is 0 Å². The van der Waals surface area contributed by atoms with Gasteiger partial charge in [0.25, 0.3) is 0 Å². The van der Waals surface area contributed by atoms with E-state index >= 15 is 0 Å². The Morgan fingerprint density at radius 2 is 1.86 bits per heavy atom. The number of β-amino-alcohol motifs (C(OH)–C–C–N with tert-alkyl or cyclic N) is 1. The van der Waals surface area contributed by atoms with Gasteiger partial charge in [-0.3, -0.25) is 4.90 Å². The molecule has 2 rings (SSSR count). The number of aliphatic hydroxyl groups excluding tert-OH is 1. The molecule has 0 radical (unpaired) electrons. The predicted molar refractivity (Wildman–Crippen MR) is 85.0 cm³/mol. The number of nitrogens with zero attached hydrogens (tertiary/aromatic N) is 3. The molecule has 0 unspecified atom stereocenters. The molecule has 1 aromatic rings. The van der Waals surface area contributed by atoms with Crippen LogP contribution in [0.1, 0.15) is 12.0 Å². The molecule has 0 aliphatic carbocycles. The molecule has 1 aliphatic rings. The van der Waals surface area contributed by atoms with Crippen molar-refractivity contribution in [2.75, 3.05) is 59.6 Å². The maximum absolute atomic E-state index is 8.93. The van der Waals surface area contributed by atoms with E-state index in [0.29, 0.717) is 19.1 Å². The van der Waals surface area contributed by atoms with Crippen LogP contribution in [0.15, 0.2) is 18.3 Å². The molecule has 0 spiro atoms. The Morgan fingerprint density at radius 3 is 2.45 bits per heavy atom. The van der Waals surface area contributed by atoms with Gasteiger partial charge >= 0.3 is 0 Å². The molecule has 6 heteroatoms. The monoisotopic (exact) mass is 309 g/mol. The topological polar surface area (TPSA) is 58.1 Å². The average Bonchev–Trinajstić information content (AvgIpc) is 2.55. The Hall–Kier alpha value is -1.21. The van der Waals surface area contributed by atoms with Crippen LogP contribution in [0.3, 0.4) is 0 Å². The van der Waals surface area contributed by atoms with Crippen molar-refractivity contribution in [3.8, 4) is 5.88 Å². The highest BCUT2D eigenvalue weighted by Gasteiger charge is 2.15. The van der Waals surface area contributed by atoms with Crippen molar-refractivity contribution in [2.24, 2.45) is 0 Å². The number of piperazine rings is 1. The molecule has 1 fully saturated rings. The van der Waals surface area contributed by atoms with Crippen molar-refractivity contribution in [2.45, 2.75) is 13.0 Å². The van der Waals surface area contributed by atoms with Crippen molar-refractivity contribution in [3.63, 3.8) is 0 Å². The van der Waals surface area contributed by atoms with Crippen molar-refractivity contribution >= 4 is 0 Å². The Kier molecular flexibility index (Phi) is 7.59. The van der Waals surface area contributed by atoms with Gasteiger partial charge < -0.3 is 19.5 Å². The third-order valence-electron chi connectivity index (χ3n) is 3.86. The van der Waals surface area contributed by atoms with E-state index < -0.39 is 0 Å². The second-order valence-corrected chi connectivity index (χ2v) is 5.55. The maximum atomic E-state index is 8.93. The van der Waals surface area contributed by atoms with Crippen LogP contribution in [-0.2, 0) is 11.3 Å². The molecule has 1 aromatic heterocycles. The van der Waals surface area contributed by atoms with E-state index in [1.54, 1.807) is 13.3 Å². The van der Waals surface area contributed by atoms with E-state index in [2.05, 4.69) is 14.8 Å². The minimum atomic E-state index is 0.254. The molecule has 0 amide bonds. The van der Waals surface area contributed by atoms with E-state index in [-0.39, 0.29) is 6.61 Å². The average molecular weight is 309 g/mol. The second kappa shape index (κ2) is 9.74. The van der Waals surface area contributed by atoms with Gasteiger partial charge in [0.05, 0.1) is 19.8 Å². The first-order chi connectivity index (χ1) is 10.8. The lowest BCUT2D eigenvalue weighted by atomic mass is 10.3. The molecule has 0 aromatic carbocycles. The summed E-state index contributed by atoms with van der Waals surface area (Å²) in [4.78, 5) is 9.02. The van der Waals surface area contributed by atoms with Crippen LogP contribution in [0, 0.1) is 0 Å². The molecule has 0 saturated carbocycles. The summed E-state index contributed by atoms with van der Waals surface area (Å²) < 4.78 is 10.7. The Labute approximate surface area is 132 Å². The number of rotatable bonds is 9. The summed E-state index contributed by atoms with van der Waals surface area (Å²) in [6.07, 6.45) is 2.79. The van der Waals surface area contributed by atoms with E-state index in [0.717, 1.165) is 51.3 Å². The van der Waals surface area contributed by atoms with Crippen LogP contribution < -0.4 is 4.74 Å². The predicted octanol–water partition coefficient (Wildman–Crippen LogP) is 0.607. The van der Waals surface area contributed by atoms with Gasteiger partial charge in [0.15, 0.2) is 0 Å². The number of hydrogen-bond acceptors (Lipinski definition) is 6. The smallest absolute Gasteiger partial charge is 0.213 e. The van der Waals surface area contributed by atoms with Crippen LogP contribution in [0.5, 0.6) is 5.88 Å². The lowest BCUT2D eigenvalue weighted by Crippen LogP contribution is -2.47. The third kappa shape index (κ3) is 5.88.